The van der Waals surface area contributed by atoms with Crippen molar-refractivity contribution in [3.8, 4) is 5.75 Å². The molecule has 1 unspecified atom stereocenters. The molecular weight excluding hydrogens is 334 g/mol. The second-order valence-corrected chi connectivity index (χ2v) is 6.80. The lowest BCUT2D eigenvalue weighted by molar-refractivity contribution is 0.218. The quantitative estimate of drug-likeness (QED) is 0.881. The molecular formula is C13H13BrClNOS. The molecule has 0 saturated carbocycles. The second-order valence-electron chi connectivity index (χ2n) is 3.90. The minimum Gasteiger partial charge on any atom is -0.484 e. The molecule has 2 N–H and O–H groups in total. The van der Waals surface area contributed by atoms with Crippen LogP contribution in [0.3, 0.4) is 0 Å². The van der Waals surface area contributed by atoms with Crippen molar-refractivity contribution in [1.82, 2.24) is 0 Å². The van der Waals surface area contributed by atoms with Gasteiger partial charge in [0.05, 0.1) is 3.79 Å². The average Bonchev–Trinajstić information content (AvgIpc) is 2.77. The highest BCUT2D eigenvalue weighted by Gasteiger charge is 2.14. The fraction of sp³-hybridized carbons (Fsp3) is 0.231. The van der Waals surface area contributed by atoms with Crippen LogP contribution in [0.15, 0.2) is 34.1 Å². The first kappa shape index (κ1) is 13.9. The summed E-state index contributed by atoms with van der Waals surface area (Å²) in [5.74, 6) is 0.789. The number of ether oxygens (including phenoxy) is 1. The van der Waals surface area contributed by atoms with Gasteiger partial charge in [-0.1, -0.05) is 11.6 Å². The monoisotopic (exact) mass is 345 g/mol. The lowest BCUT2D eigenvalue weighted by Gasteiger charge is -2.16. The predicted molar refractivity (Wildman–Crippen MR) is 80.6 cm³/mol. The molecule has 0 aliphatic carbocycles. The van der Waals surface area contributed by atoms with Gasteiger partial charge in [0.2, 0.25) is 0 Å². The maximum atomic E-state index is 5.99. The highest BCUT2D eigenvalue weighted by molar-refractivity contribution is 9.11. The normalized spacial score (nSPS) is 12.4. The van der Waals surface area contributed by atoms with Gasteiger partial charge >= 0.3 is 0 Å². The fourth-order valence-electron chi connectivity index (χ4n) is 1.58. The van der Waals surface area contributed by atoms with Crippen LogP contribution < -0.4 is 10.5 Å². The summed E-state index contributed by atoms with van der Waals surface area (Å²) >= 11 is 11.1. The van der Waals surface area contributed by atoms with Crippen molar-refractivity contribution in [3.63, 3.8) is 0 Å². The molecule has 0 bridgehead atoms. The molecule has 0 saturated heterocycles. The van der Waals surface area contributed by atoms with Crippen molar-refractivity contribution in [3.05, 3.63) is 49.6 Å². The molecule has 96 valence electrons. The van der Waals surface area contributed by atoms with Gasteiger partial charge in [-0.05, 0) is 58.7 Å². The van der Waals surface area contributed by atoms with Gasteiger partial charge in [-0.3, -0.25) is 0 Å². The second kappa shape index (κ2) is 6.06. The number of thiophene rings is 1. The minimum absolute atomic E-state index is 0.123. The Labute approximate surface area is 124 Å². The molecule has 1 aromatic carbocycles. The summed E-state index contributed by atoms with van der Waals surface area (Å²) in [6.07, 6.45) is -0.123. The Morgan fingerprint density at radius 3 is 2.72 bits per heavy atom. The van der Waals surface area contributed by atoms with Crippen LogP contribution in [0.1, 0.15) is 16.5 Å². The summed E-state index contributed by atoms with van der Waals surface area (Å²) in [5.41, 5.74) is 6.77. The Morgan fingerprint density at radius 1 is 1.39 bits per heavy atom. The van der Waals surface area contributed by atoms with Crippen LogP contribution in [-0.4, -0.2) is 6.54 Å². The van der Waals surface area contributed by atoms with Crippen molar-refractivity contribution < 1.29 is 4.74 Å². The van der Waals surface area contributed by atoms with Gasteiger partial charge in [0.25, 0.3) is 0 Å². The first-order valence-electron chi connectivity index (χ1n) is 5.48. The minimum atomic E-state index is -0.123. The molecule has 0 radical (unpaired) electrons. The lowest BCUT2D eigenvalue weighted by Crippen LogP contribution is -2.17. The Hall–Kier alpha value is -0.550. The number of aryl methyl sites for hydroxylation is 1. The third-order valence-corrected chi connectivity index (χ3v) is 4.67. The standard InChI is InChI=1S/C13H13BrClNOS/c1-8-6-9(2-3-10(8)15)17-11(7-16)12-4-5-13(14)18-12/h2-6,11H,7,16H2,1H3. The molecule has 5 heteroatoms. The van der Waals surface area contributed by atoms with Crippen LogP contribution in [0, 0.1) is 6.92 Å². The van der Waals surface area contributed by atoms with Gasteiger partial charge in [0.1, 0.15) is 11.9 Å². The number of halogens is 2. The maximum absolute atomic E-state index is 5.99. The first-order chi connectivity index (χ1) is 8.60. The van der Waals surface area contributed by atoms with Crippen molar-refractivity contribution in [2.24, 2.45) is 5.73 Å². The predicted octanol–water partition coefficient (Wildman–Crippen LogP) is 4.55. The van der Waals surface area contributed by atoms with Gasteiger partial charge in [-0.25, -0.2) is 0 Å². The van der Waals surface area contributed by atoms with Gasteiger partial charge in [-0.2, -0.15) is 0 Å². The summed E-state index contributed by atoms with van der Waals surface area (Å²) in [7, 11) is 0. The van der Waals surface area contributed by atoms with E-state index in [-0.39, 0.29) is 6.10 Å². The van der Waals surface area contributed by atoms with Crippen LogP contribution in [0.5, 0.6) is 5.75 Å². The Morgan fingerprint density at radius 2 is 2.17 bits per heavy atom. The van der Waals surface area contributed by atoms with E-state index in [1.807, 2.05) is 37.3 Å². The van der Waals surface area contributed by atoms with E-state index in [4.69, 9.17) is 22.1 Å². The number of rotatable bonds is 4. The van der Waals surface area contributed by atoms with E-state index in [0.717, 1.165) is 25.0 Å². The molecule has 2 aromatic rings. The van der Waals surface area contributed by atoms with Crippen LogP contribution in [0.4, 0.5) is 0 Å². The highest BCUT2D eigenvalue weighted by Crippen LogP contribution is 2.31. The molecule has 18 heavy (non-hydrogen) atoms. The van der Waals surface area contributed by atoms with Gasteiger partial charge in [-0.15, -0.1) is 11.3 Å². The number of hydrogen-bond donors (Lipinski definition) is 1. The summed E-state index contributed by atoms with van der Waals surface area (Å²) in [4.78, 5) is 1.11. The molecule has 0 amide bonds. The smallest absolute Gasteiger partial charge is 0.145 e. The van der Waals surface area contributed by atoms with Gasteiger partial charge < -0.3 is 10.5 Å². The summed E-state index contributed by atoms with van der Waals surface area (Å²) < 4.78 is 6.98. The molecule has 2 rings (SSSR count). The third kappa shape index (κ3) is 3.26. The SMILES string of the molecule is Cc1cc(OC(CN)c2ccc(Br)s2)ccc1Cl. The van der Waals surface area contributed by atoms with Crippen molar-refractivity contribution in [2.45, 2.75) is 13.0 Å². The van der Waals surface area contributed by atoms with E-state index in [2.05, 4.69) is 15.9 Å². The molecule has 1 heterocycles. The van der Waals surface area contributed by atoms with Gasteiger partial charge in [0, 0.05) is 16.4 Å². The topological polar surface area (TPSA) is 35.2 Å². The van der Waals surface area contributed by atoms with Crippen molar-refractivity contribution >= 4 is 38.9 Å². The van der Waals surface area contributed by atoms with Crippen LogP contribution in [0.2, 0.25) is 5.02 Å². The highest BCUT2D eigenvalue weighted by atomic mass is 79.9. The molecule has 0 spiro atoms. The zero-order valence-electron chi connectivity index (χ0n) is 9.82. The number of benzene rings is 1. The van der Waals surface area contributed by atoms with E-state index >= 15 is 0 Å². The molecule has 0 aliphatic rings. The zero-order valence-corrected chi connectivity index (χ0v) is 13.0. The Balaban J connectivity index is 2.17. The molecule has 0 fully saturated rings. The molecule has 1 aromatic heterocycles. The van der Waals surface area contributed by atoms with Crippen molar-refractivity contribution in [1.29, 1.82) is 0 Å². The van der Waals surface area contributed by atoms with E-state index in [1.165, 1.54) is 0 Å². The number of nitrogens with two attached hydrogens (primary N) is 1. The number of hydrogen-bond acceptors (Lipinski definition) is 3. The molecule has 2 nitrogen and oxygen atoms in total. The van der Waals surface area contributed by atoms with Crippen LogP contribution >= 0.6 is 38.9 Å². The van der Waals surface area contributed by atoms with E-state index < -0.39 is 0 Å². The van der Waals surface area contributed by atoms with E-state index in [0.29, 0.717) is 6.54 Å². The zero-order chi connectivity index (χ0) is 13.1. The average molecular weight is 347 g/mol. The Bertz CT molecular complexity index is 544. The largest absolute Gasteiger partial charge is 0.484 e. The van der Waals surface area contributed by atoms with Gasteiger partial charge in [0.15, 0.2) is 0 Å². The lowest BCUT2D eigenvalue weighted by atomic mass is 10.2. The third-order valence-electron chi connectivity index (χ3n) is 2.53. The molecule has 0 aliphatic heterocycles. The Kier molecular flexibility index (Phi) is 4.67. The fourth-order valence-corrected chi connectivity index (χ4v) is 3.16. The van der Waals surface area contributed by atoms with Crippen LogP contribution in [-0.2, 0) is 0 Å². The molecule has 1 atom stereocenters. The van der Waals surface area contributed by atoms with E-state index in [1.54, 1.807) is 11.3 Å². The van der Waals surface area contributed by atoms with Crippen molar-refractivity contribution in [2.75, 3.05) is 6.54 Å². The first-order valence-corrected chi connectivity index (χ1v) is 7.47. The summed E-state index contributed by atoms with van der Waals surface area (Å²) in [6.45, 7) is 2.39. The summed E-state index contributed by atoms with van der Waals surface area (Å²) in [6, 6.07) is 9.65. The maximum Gasteiger partial charge on any atom is 0.145 e. The van der Waals surface area contributed by atoms with E-state index in [9.17, 15) is 0 Å². The summed E-state index contributed by atoms with van der Waals surface area (Å²) in [5, 5.41) is 0.741. The van der Waals surface area contributed by atoms with Crippen LogP contribution in [0.25, 0.3) is 0 Å².